The van der Waals surface area contributed by atoms with E-state index in [0.717, 1.165) is 17.7 Å². The van der Waals surface area contributed by atoms with E-state index in [1.54, 1.807) is 7.11 Å². The van der Waals surface area contributed by atoms with E-state index in [2.05, 4.69) is 39.0 Å². The van der Waals surface area contributed by atoms with Gasteiger partial charge in [0.2, 0.25) is 0 Å². The van der Waals surface area contributed by atoms with Crippen LogP contribution in [0.2, 0.25) is 0 Å². The summed E-state index contributed by atoms with van der Waals surface area (Å²) in [6, 6.07) is 8.04. The van der Waals surface area contributed by atoms with Crippen LogP contribution < -0.4 is 4.74 Å². The van der Waals surface area contributed by atoms with E-state index in [1.807, 2.05) is 12.1 Å². The first-order chi connectivity index (χ1) is 10.8. The molecular weight excluding hydrogens is 288 g/mol. The maximum absolute atomic E-state index is 11.6. The van der Waals surface area contributed by atoms with E-state index in [9.17, 15) is 4.79 Å². The molecule has 23 heavy (non-hydrogen) atoms. The van der Waals surface area contributed by atoms with E-state index in [-0.39, 0.29) is 22.9 Å². The Bertz CT molecular complexity index is 641. The number of ether oxygens (including phenoxy) is 2. The standard InChI is InChI=1S/C20H26O3/c1-13(21)23-18-16(12-14-6-8-15(22-5)9-7-14)17-10-11-20(18,4)19(17,2)3/h6-9,12,17-18H,10-11H2,1-5H3/b16-12-/t17-,18-,20+/m0/s1. The van der Waals surface area contributed by atoms with Crippen molar-refractivity contribution in [1.29, 1.82) is 0 Å². The maximum Gasteiger partial charge on any atom is 0.303 e. The Morgan fingerprint density at radius 2 is 1.87 bits per heavy atom. The van der Waals surface area contributed by atoms with Crippen LogP contribution in [-0.4, -0.2) is 19.2 Å². The predicted molar refractivity (Wildman–Crippen MR) is 91.1 cm³/mol. The van der Waals surface area contributed by atoms with Crippen LogP contribution in [0.5, 0.6) is 5.75 Å². The van der Waals surface area contributed by atoms with Gasteiger partial charge in [0.25, 0.3) is 0 Å². The van der Waals surface area contributed by atoms with Crippen molar-refractivity contribution in [2.75, 3.05) is 7.11 Å². The van der Waals surface area contributed by atoms with Crippen LogP contribution in [0.4, 0.5) is 0 Å². The Labute approximate surface area is 138 Å². The van der Waals surface area contributed by atoms with Crippen LogP contribution in [0.3, 0.4) is 0 Å². The van der Waals surface area contributed by atoms with E-state index < -0.39 is 0 Å². The lowest BCUT2D eigenvalue weighted by atomic mass is 9.70. The highest BCUT2D eigenvalue weighted by Gasteiger charge is 2.65. The van der Waals surface area contributed by atoms with Gasteiger partial charge in [0.1, 0.15) is 11.9 Å². The summed E-state index contributed by atoms with van der Waals surface area (Å²) in [6.45, 7) is 8.41. The fourth-order valence-electron chi connectivity index (χ4n) is 4.56. The first-order valence-electron chi connectivity index (χ1n) is 8.32. The van der Waals surface area contributed by atoms with E-state index >= 15 is 0 Å². The van der Waals surface area contributed by atoms with Gasteiger partial charge in [-0.2, -0.15) is 0 Å². The van der Waals surface area contributed by atoms with Gasteiger partial charge in [-0.25, -0.2) is 0 Å². The highest BCUT2D eigenvalue weighted by molar-refractivity contribution is 5.68. The minimum Gasteiger partial charge on any atom is -0.497 e. The quantitative estimate of drug-likeness (QED) is 0.772. The fraction of sp³-hybridized carbons (Fsp3) is 0.550. The molecule has 2 fully saturated rings. The number of benzene rings is 1. The van der Waals surface area contributed by atoms with Gasteiger partial charge in [0.15, 0.2) is 0 Å². The molecule has 2 aliphatic rings. The Morgan fingerprint density at radius 3 is 2.43 bits per heavy atom. The topological polar surface area (TPSA) is 35.5 Å². The molecule has 0 spiro atoms. The van der Waals surface area contributed by atoms with Crippen LogP contribution in [0.25, 0.3) is 6.08 Å². The maximum atomic E-state index is 11.6. The van der Waals surface area contributed by atoms with Crippen LogP contribution in [0, 0.1) is 16.7 Å². The number of rotatable bonds is 3. The number of esters is 1. The number of methoxy groups -OCH3 is 1. The number of hydrogen-bond donors (Lipinski definition) is 0. The van der Waals surface area contributed by atoms with Crippen molar-refractivity contribution in [3.8, 4) is 5.75 Å². The zero-order valence-electron chi connectivity index (χ0n) is 14.7. The molecular formula is C20H26O3. The lowest BCUT2D eigenvalue weighted by Crippen LogP contribution is -2.38. The zero-order chi connectivity index (χ0) is 16.8. The summed E-state index contributed by atoms with van der Waals surface area (Å²) >= 11 is 0. The highest BCUT2D eigenvalue weighted by atomic mass is 16.5. The first kappa shape index (κ1) is 16.1. The van der Waals surface area contributed by atoms with Gasteiger partial charge in [-0.1, -0.05) is 39.0 Å². The van der Waals surface area contributed by atoms with Gasteiger partial charge >= 0.3 is 5.97 Å². The molecule has 0 heterocycles. The Hall–Kier alpha value is -1.77. The molecule has 124 valence electrons. The third kappa shape index (κ3) is 2.37. The Kier molecular flexibility index (Phi) is 3.78. The monoisotopic (exact) mass is 314 g/mol. The molecule has 1 aromatic rings. The minimum atomic E-state index is -0.194. The van der Waals surface area contributed by atoms with Crippen molar-refractivity contribution in [3.63, 3.8) is 0 Å². The molecule has 2 bridgehead atoms. The molecule has 0 unspecified atom stereocenters. The lowest BCUT2D eigenvalue weighted by molar-refractivity contribution is -0.151. The predicted octanol–water partition coefficient (Wildman–Crippen LogP) is 4.47. The highest BCUT2D eigenvalue weighted by Crippen LogP contribution is 2.68. The van der Waals surface area contributed by atoms with Crippen molar-refractivity contribution in [2.45, 2.75) is 46.6 Å². The fourth-order valence-corrected chi connectivity index (χ4v) is 4.56. The molecule has 2 saturated carbocycles. The second-order valence-electron chi connectivity index (χ2n) is 7.64. The molecule has 3 rings (SSSR count). The largest absolute Gasteiger partial charge is 0.497 e. The normalized spacial score (nSPS) is 33.0. The van der Waals surface area contributed by atoms with Gasteiger partial charge in [-0.3, -0.25) is 4.79 Å². The minimum absolute atomic E-state index is 0.0155. The van der Waals surface area contributed by atoms with E-state index in [1.165, 1.54) is 18.9 Å². The van der Waals surface area contributed by atoms with Crippen LogP contribution >= 0.6 is 0 Å². The summed E-state index contributed by atoms with van der Waals surface area (Å²) in [5.41, 5.74) is 2.56. The Morgan fingerprint density at radius 1 is 1.22 bits per heavy atom. The molecule has 0 radical (unpaired) electrons. The smallest absolute Gasteiger partial charge is 0.303 e. The molecule has 0 aliphatic heterocycles. The molecule has 3 nitrogen and oxygen atoms in total. The van der Waals surface area contributed by atoms with Gasteiger partial charge in [-0.15, -0.1) is 0 Å². The van der Waals surface area contributed by atoms with Crippen molar-refractivity contribution in [3.05, 3.63) is 35.4 Å². The average molecular weight is 314 g/mol. The van der Waals surface area contributed by atoms with Crippen LogP contribution in [0.1, 0.15) is 46.1 Å². The molecule has 2 aliphatic carbocycles. The third-order valence-electron chi connectivity index (χ3n) is 6.31. The van der Waals surface area contributed by atoms with Crippen molar-refractivity contribution in [1.82, 2.24) is 0 Å². The SMILES string of the molecule is COc1ccc(/C=C2/[C@@H]3CC[C@](C)([C@H]2OC(C)=O)C3(C)C)cc1. The first-order valence-corrected chi connectivity index (χ1v) is 8.32. The zero-order valence-corrected chi connectivity index (χ0v) is 14.7. The summed E-state index contributed by atoms with van der Waals surface area (Å²) in [5.74, 6) is 1.13. The number of carbonyl (C=O) groups is 1. The summed E-state index contributed by atoms with van der Waals surface area (Å²) in [4.78, 5) is 11.6. The third-order valence-corrected chi connectivity index (χ3v) is 6.31. The van der Waals surface area contributed by atoms with E-state index in [4.69, 9.17) is 9.47 Å². The Balaban J connectivity index is 2.01. The molecule has 1 aromatic carbocycles. The summed E-state index contributed by atoms with van der Waals surface area (Å²) in [7, 11) is 1.67. The summed E-state index contributed by atoms with van der Waals surface area (Å²) < 4.78 is 11.0. The van der Waals surface area contributed by atoms with E-state index in [0.29, 0.717) is 5.92 Å². The second-order valence-corrected chi connectivity index (χ2v) is 7.64. The van der Waals surface area contributed by atoms with Crippen molar-refractivity contribution < 1.29 is 14.3 Å². The van der Waals surface area contributed by atoms with Gasteiger partial charge < -0.3 is 9.47 Å². The van der Waals surface area contributed by atoms with Crippen molar-refractivity contribution >= 4 is 12.0 Å². The van der Waals surface area contributed by atoms with Crippen LogP contribution in [0.15, 0.2) is 29.8 Å². The summed E-state index contributed by atoms with van der Waals surface area (Å²) in [5, 5.41) is 0. The average Bonchev–Trinajstić information content (AvgIpc) is 2.81. The van der Waals surface area contributed by atoms with Crippen molar-refractivity contribution in [2.24, 2.45) is 16.7 Å². The second kappa shape index (κ2) is 5.40. The van der Waals surface area contributed by atoms with Gasteiger partial charge in [-0.05, 0) is 47.4 Å². The number of carbonyl (C=O) groups excluding carboxylic acids is 1. The molecule has 0 aromatic heterocycles. The molecule has 0 N–H and O–H groups in total. The lowest BCUT2D eigenvalue weighted by Gasteiger charge is -2.38. The van der Waals surface area contributed by atoms with Crippen LogP contribution in [-0.2, 0) is 9.53 Å². The summed E-state index contributed by atoms with van der Waals surface area (Å²) in [6.07, 6.45) is 4.38. The van der Waals surface area contributed by atoms with Gasteiger partial charge in [0.05, 0.1) is 7.11 Å². The molecule has 3 heteroatoms. The molecule has 0 amide bonds. The molecule has 0 saturated heterocycles. The number of hydrogen-bond acceptors (Lipinski definition) is 3. The van der Waals surface area contributed by atoms with Gasteiger partial charge in [0, 0.05) is 12.3 Å². The molecule has 3 atom stereocenters. The number of fused-ring (bicyclic) bond motifs is 2.